The quantitative estimate of drug-likeness (QED) is 0.344. The summed E-state index contributed by atoms with van der Waals surface area (Å²) in [6.07, 6.45) is 2.92. The van der Waals surface area contributed by atoms with Gasteiger partial charge < -0.3 is 16.4 Å². The molecule has 1 aliphatic rings. The number of aromatic nitrogens is 1. The first-order chi connectivity index (χ1) is 9.06. The predicted octanol–water partition coefficient (Wildman–Crippen LogP) is 0.359. The molecule has 0 saturated carbocycles. The molecule has 19 heavy (non-hydrogen) atoms. The maximum atomic E-state index is 10.5. The van der Waals surface area contributed by atoms with Gasteiger partial charge in [-0.3, -0.25) is 10.1 Å². The van der Waals surface area contributed by atoms with Gasteiger partial charge in [0.1, 0.15) is 6.20 Å². The van der Waals surface area contributed by atoms with Crippen molar-refractivity contribution in [2.24, 2.45) is 16.5 Å². The second kappa shape index (κ2) is 5.61. The number of piperidine rings is 1. The molecule has 0 aromatic carbocycles. The molecule has 0 atom stereocenters. The van der Waals surface area contributed by atoms with Crippen LogP contribution in [0.2, 0.25) is 0 Å². The fourth-order valence-corrected chi connectivity index (χ4v) is 1.87. The summed E-state index contributed by atoms with van der Waals surface area (Å²) < 4.78 is 0. The Morgan fingerprint density at radius 2 is 2.16 bits per heavy atom. The van der Waals surface area contributed by atoms with Crippen LogP contribution in [0.1, 0.15) is 12.8 Å². The molecule has 0 spiro atoms. The minimum Gasteiger partial charge on any atom is -0.369 e. The highest BCUT2D eigenvalue weighted by Crippen LogP contribution is 2.15. The molecular formula is C11H16N6O2. The molecule has 1 aromatic heterocycles. The average Bonchev–Trinajstić information content (AvgIpc) is 2.40. The van der Waals surface area contributed by atoms with Gasteiger partial charge in [0.25, 0.3) is 5.69 Å². The van der Waals surface area contributed by atoms with Crippen molar-refractivity contribution in [1.82, 2.24) is 9.88 Å². The lowest BCUT2D eigenvalue weighted by Crippen LogP contribution is -2.46. The molecule has 1 fully saturated rings. The molecule has 2 rings (SSSR count). The monoisotopic (exact) mass is 264 g/mol. The number of likely N-dealkylation sites (tertiary alicyclic amines) is 1. The zero-order valence-electron chi connectivity index (χ0n) is 10.4. The Bertz CT molecular complexity index is 478. The highest BCUT2D eigenvalue weighted by molar-refractivity contribution is 5.80. The van der Waals surface area contributed by atoms with Crippen molar-refractivity contribution in [1.29, 1.82) is 0 Å². The molecule has 2 heterocycles. The first kappa shape index (κ1) is 13.2. The topological polar surface area (TPSA) is 124 Å². The molecule has 0 amide bonds. The minimum atomic E-state index is -0.504. The Kier molecular flexibility index (Phi) is 3.91. The lowest BCUT2D eigenvalue weighted by molar-refractivity contribution is -0.385. The van der Waals surface area contributed by atoms with Crippen molar-refractivity contribution in [2.45, 2.75) is 18.9 Å². The number of nitrogens with two attached hydrogens (primary N) is 2. The standard InChI is InChI=1S/C11H16N6O2/c12-8-3-5-16(6-4-8)11(13)15-10-2-1-9(7-14-10)17(18)19/h1-2,7-8H,3-6,12H2,(H2,13,14,15). The molecule has 4 N–H and O–H groups in total. The van der Waals surface area contributed by atoms with Crippen LogP contribution in [0.3, 0.4) is 0 Å². The third kappa shape index (κ3) is 3.38. The third-order valence-corrected chi connectivity index (χ3v) is 3.04. The molecule has 102 valence electrons. The molecular weight excluding hydrogens is 248 g/mol. The van der Waals surface area contributed by atoms with E-state index in [0.29, 0.717) is 11.8 Å². The van der Waals surface area contributed by atoms with Crippen LogP contribution in [-0.4, -0.2) is 39.9 Å². The molecule has 8 nitrogen and oxygen atoms in total. The first-order valence-corrected chi connectivity index (χ1v) is 6.01. The summed E-state index contributed by atoms with van der Waals surface area (Å²) in [5, 5.41) is 10.5. The lowest BCUT2D eigenvalue weighted by Gasteiger charge is -2.30. The van der Waals surface area contributed by atoms with Gasteiger partial charge in [-0.15, -0.1) is 0 Å². The van der Waals surface area contributed by atoms with Crippen molar-refractivity contribution in [2.75, 3.05) is 13.1 Å². The van der Waals surface area contributed by atoms with Crippen molar-refractivity contribution in [3.8, 4) is 0 Å². The number of guanidine groups is 1. The molecule has 0 unspecified atom stereocenters. The molecule has 1 saturated heterocycles. The van der Waals surface area contributed by atoms with Crippen LogP contribution in [0.4, 0.5) is 11.5 Å². The smallest absolute Gasteiger partial charge is 0.287 e. The zero-order chi connectivity index (χ0) is 13.8. The highest BCUT2D eigenvalue weighted by atomic mass is 16.6. The van der Waals surface area contributed by atoms with E-state index >= 15 is 0 Å². The Hall–Kier alpha value is -2.22. The summed E-state index contributed by atoms with van der Waals surface area (Å²) in [5.41, 5.74) is 11.6. The maximum absolute atomic E-state index is 10.5. The van der Waals surface area contributed by atoms with Crippen molar-refractivity contribution < 1.29 is 4.92 Å². The van der Waals surface area contributed by atoms with E-state index in [0.717, 1.165) is 32.1 Å². The van der Waals surface area contributed by atoms with Gasteiger partial charge in [-0.05, 0) is 18.9 Å². The van der Waals surface area contributed by atoms with Crippen LogP contribution in [0.25, 0.3) is 0 Å². The van der Waals surface area contributed by atoms with Crippen molar-refractivity contribution >= 4 is 17.5 Å². The lowest BCUT2D eigenvalue weighted by atomic mass is 10.1. The van der Waals surface area contributed by atoms with Crippen molar-refractivity contribution in [3.05, 3.63) is 28.4 Å². The van der Waals surface area contributed by atoms with Gasteiger partial charge in [0.15, 0.2) is 11.8 Å². The Labute approximate surface area is 110 Å². The molecule has 1 aliphatic heterocycles. The van der Waals surface area contributed by atoms with Crippen LogP contribution in [0, 0.1) is 10.1 Å². The zero-order valence-corrected chi connectivity index (χ0v) is 10.4. The maximum Gasteiger partial charge on any atom is 0.287 e. The van der Waals surface area contributed by atoms with E-state index in [-0.39, 0.29) is 11.7 Å². The molecule has 1 aromatic rings. The van der Waals surface area contributed by atoms with Gasteiger partial charge in [0.05, 0.1) is 4.92 Å². The van der Waals surface area contributed by atoms with Gasteiger partial charge in [-0.2, -0.15) is 4.99 Å². The van der Waals surface area contributed by atoms with Crippen LogP contribution in [-0.2, 0) is 0 Å². The summed E-state index contributed by atoms with van der Waals surface area (Å²) in [6, 6.07) is 3.05. The number of rotatable bonds is 2. The summed E-state index contributed by atoms with van der Waals surface area (Å²) in [4.78, 5) is 20.0. The van der Waals surface area contributed by atoms with Gasteiger partial charge in [0.2, 0.25) is 0 Å². The number of hydrogen-bond donors (Lipinski definition) is 2. The van der Waals surface area contributed by atoms with Gasteiger partial charge in [-0.25, -0.2) is 4.98 Å². The summed E-state index contributed by atoms with van der Waals surface area (Å²) in [6.45, 7) is 1.53. The SMILES string of the molecule is NC(=Nc1ccc([N+](=O)[O-])cn1)N1CCC(N)CC1. The van der Waals surface area contributed by atoms with Gasteiger partial charge >= 0.3 is 0 Å². The highest BCUT2D eigenvalue weighted by Gasteiger charge is 2.17. The van der Waals surface area contributed by atoms with Gasteiger partial charge in [-0.1, -0.05) is 0 Å². The Morgan fingerprint density at radius 3 is 2.68 bits per heavy atom. The number of hydrogen-bond acceptors (Lipinski definition) is 5. The van der Waals surface area contributed by atoms with Crippen LogP contribution in [0.5, 0.6) is 0 Å². The molecule has 0 radical (unpaired) electrons. The van der Waals surface area contributed by atoms with Crippen LogP contribution in [0.15, 0.2) is 23.3 Å². The van der Waals surface area contributed by atoms with Gasteiger partial charge in [0, 0.05) is 25.2 Å². The second-order valence-electron chi connectivity index (χ2n) is 4.43. The molecule has 0 bridgehead atoms. The molecule has 0 aliphatic carbocycles. The summed E-state index contributed by atoms with van der Waals surface area (Å²) in [5.74, 6) is 0.728. The summed E-state index contributed by atoms with van der Waals surface area (Å²) >= 11 is 0. The Balaban J connectivity index is 2.05. The van der Waals surface area contributed by atoms with Crippen molar-refractivity contribution in [3.63, 3.8) is 0 Å². The number of nitrogens with zero attached hydrogens (tertiary/aromatic N) is 4. The normalized spacial score (nSPS) is 17.5. The second-order valence-corrected chi connectivity index (χ2v) is 4.43. The van der Waals surface area contributed by atoms with E-state index in [9.17, 15) is 10.1 Å². The van der Waals surface area contributed by atoms with E-state index in [1.54, 1.807) is 0 Å². The van der Waals surface area contributed by atoms with E-state index in [1.807, 2.05) is 4.90 Å². The number of nitro groups is 1. The fraction of sp³-hybridized carbons (Fsp3) is 0.455. The first-order valence-electron chi connectivity index (χ1n) is 6.01. The van der Waals surface area contributed by atoms with E-state index < -0.39 is 4.92 Å². The fourth-order valence-electron chi connectivity index (χ4n) is 1.87. The summed E-state index contributed by atoms with van der Waals surface area (Å²) in [7, 11) is 0. The van der Waals surface area contributed by atoms with Crippen LogP contribution >= 0.6 is 0 Å². The number of pyridine rings is 1. The van der Waals surface area contributed by atoms with Crippen LogP contribution < -0.4 is 11.5 Å². The van der Waals surface area contributed by atoms with E-state index in [2.05, 4.69) is 9.98 Å². The number of aliphatic imine (C=N–C) groups is 1. The van der Waals surface area contributed by atoms with E-state index in [4.69, 9.17) is 11.5 Å². The molecule has 8 heteroatoms. The Morgan fingerprint density at radius 1 is 1.47 bits per heavy atom. The van der Waals surface area contributed by atoms with E-state index in [1.165, 1.54) is 12.1 Å². The average molecular weight is 264 g/mol. The minimum absolute atomic E-state index is 0.0681. The third-order valence-electron chi connectivity index (χ3n) is 3.04. The largest absolute Gasteiger partial charge is 0.369 e. The predicted molar refractivity (Wildman–Crippen MR) is 71.0 cm³/mol.